The summed E-state index contributed by atoms with van der Waals surface area (Å²) in [6, 6.07) is 0. The molecule has 0 aromatic heterocycles. The molecule has 0 saturated carbocycles. The number of carbonyl (C=O) groups is 1. The maximum Gasteiger partial charge on any atom is 0.311 e. The molecule has 8 heavy (non-hydrogen) atoms. The molecule has 0 amide bonds. The molecule has 0 aliphatic carbocycles. The summed E-state index contributed by atoms with van der Waals surface area (Å²) >= 11 is 0. The van der Waals surface area contributed by atoms with E-state index in [9.17, 15) is 4.79 Å². The van der Waals surface area contributed by atoms with Crippen molar-refractivity contribution in [2.75, 3.05) is 0 Å². The van der Waals surface area contributed by atoms with Crippen molar-refractivity contribution in [2.24, 2.45) is 5.92 Å². The molecule has 46 valence electrons. The fourth-order valence-electron chi connectivity index (χ4n) is 0.697. The zero-order chi connectivity index (χ0) is 6.15. The Hall–Kier alpha value is -0.570. The van der Waals surface area contributed by atoms with E-state index in [1.165, 1.54) is 0 Å². The number of cyclic esters (lactones) is 1. The molecular formula is C5H8O3. The molecule has 0 radical (unpaired) electrons. The van der Waals surface area contributed by atoms with Crippen LogP contribution in [-0.4, -0.2) is 17.4 Å². The Morgan fingerprint density at radius 1 is 1.88 bits per heavy atom. The summed E-state index contributed by atoms with van der Waals surface area (Å²) in [5.74, 6) is -0.414. The second kappa shape index (κ2) is 1.74. The molecule has 0 unspecified atom stereocenters. The number of aliphatic hydroxyl groups is 1. The van der Waals surface area contributed by atoms with Crippen LogP contribution in [-0.2, 0) is 9.53 Å². The molecule has 1 heterocycles. The summed E-state index contributed by atoms with van der Waals surface area (Å²) in [7, 11) is 0. The largest absolute Gasteiger partial charge is 0.436 e. The molecular weight excluding hydrogens is 108 g/mol. The number of ether oxygens (including phenoxy) is 1. The van der Waals surface area contributed by atoms with Gasteiger partial charge in [0.25, 0.3) is 0 Å². The standard InChI is InChI=1S/C5H8O3/c1-3-2-4(6)8-5(3)7/h3-4,6H,2H2,1H3/t3-,4-/m0/s1. The minimum absolute atomic E-state index is 0.120. The minimum atomic E-state index is -0.850. The Morgan fingerprint density at radius 2 is 2.50 bits per heavy atom. The number of esters is 1. The molecule has 0 aromatic carbocycles. The fourth-order valence-corrected chi connectivity index (χ4v) is 0.697. The number of aliphatic hydroxyl groups excluding tert-OH is 1. The first-order valence-electron chi connectivity index (χ1n) is 2.58. The van der Waals surface area contributed by atoms with Crippen LogP contribution in [0.4, 0.5) is 0 Å². The number of rotatable bonds is 0. The van der Waals surface area contributed by atoms with E-state index in [-0.39, 0.29) is 11.9 Å². The summed E-state index contributed by atoms with van der Waals surface area (Å²) in [4.78, 5) is 10.4. The maximum absolute atomic E-state index is 10.4. The van der Waals surface area contributed by atoms with Crippen LogP contribution in [0.2, 0.25) is 0 Å². The number of carbonyl (C=O) groups excluding carboxylic acids is 1. The Balaban J connectivity index is 2.51. The van der Waals surface area contributed by atoms with Crippen LogP contribution in [0.15, 0.2) is 0 Å². The van der Waals surface area contributed by atoms with Crippen molar-refractivity contribution in [1.82, 2.24) is 0 Å². The second-order valence-corrected chi connectivity index (χ2v) is 2.03. The first-order valence-corrected chi connectivity index (χ1v) is 2.58. The Labute approximate surface area is 47.3 Å². The maximum atomic E-state index is 10.4. The molecule has 1 rings (SSSR count). The summed E-state index contributed by atoms with van der Waals surface area (Å²) in [5, 5.41) is 8.63. The first kappa shape index (κ1) is 5.56. The Morgan fingerprint density at radius 3 is 2.62 bits per heavy atom. The highest BCUT2D eigenvalue weighted by Gasteiger charge is 2.28. The van der Waals surface area contributed by atoms with Gasteiger partial charge in [-0.3, -0.25) is 4.79 Å². The monoisotopic (exact) mass is 116 g/mol. The lowest BCUT2D eigenvalue weighted by atomic mass is 10.1. The first-order chi connectivity index (χ1) is 3.70. The molecule has 3 heteroatoms. The van der Waals surface area contributed by atoms with Crippen LogP contribution >= 0.6 is 0 Å². The van der Waals surface area contributed by atoms with E-state index in [1.807, 2.05) is 0 Å². The summed E-state index contributed by atoms with van der Waals surface area (Å²) in [6.45, 7) is 1.73. The normalized spacial score (nSPS) is 37.5. The third kappa shape index (κ3) is 0.816. The van der Waals surface area contributed by atoms with Crippen LogP contribution in [0.25, 0.3) is 0 Å². The molecule has 0 bridgehead atoms. The van der Waals surface area contributed by atoms with E-state index in [0.29, 0.717) is 6.42 Å². The molecule has 1 aliphatic heterocycles. The van der Waals surface area contributed by atoms with Gasteiger partial charge < -0.3 is 9.84 Å². The number of hydrogen-bond donors (Lipinski definition) is 1. The minimum Gasteiger partial charge on any atom is -0.436 e. The van der Waals surface area contributed by atoms with Crippen molar-refractivity contribution in [3.05, 3.63) is 0 Å². The van der Waals surface area contributed by atoms with Gasteiger partial charge in [0.2, 0.25) is 6.29 Å². The SMILES string of the molecule is C[C@H]1C[C@@H](O)OC1=O. The summed E-state index contributed by atoms with van der Waals surface area (Å²) < 4.78 is 4.39. The Bertz CT molecular complexity index is 110. The van der Waals surface area contributed by atoms with Crippen molar-refractivity contribution in [3.63, 3.8) is 0 Å². The highest BCUT2D eigenvalue weighted by Crippen LogP contribution is 2.17. The lowest BCUT2D eigenvalue weighted by molar-refractivity contribution is -0.155. The van der Waals surface area contributed by atoms with E-state index >= 15 is 0 Å². The van der Waals surface area contributed by atoms with E-state index in [2.05, 4.69) is 4.74 Å². The predicted octanol–water partition coefficient (Wildman–Crippen LogP) is -0.112. The predicted molar refractivity (Wildman–Crippen MR) is 25.9 cm³/mol. The molecule has 0 aromatic rings. The van der Waals surface area contributed by atoms with Gasteiger partial charge in [0.15, 0.2) is 0 Å². The van der Waals surface area contributed by atoms with Gasteiger partial charge in [-0.15, -0.1) is 0 Å². The highest BCUT2D eigenvalue weighted by molar-refractivity contribution is 5.73. The van der Waals surface area contributed by atoms with Crippen molar-refractivity contribution >= 4 is 5.97 Å². The third-order valence-corrected chi connectivity index (χ3v) is 1.21. The van der Waals surface area contributed by atoms with E-state index in [0.717, 1.165) is 0 Å². The van der Waals surface area contributed by atoms with Gasteiger partial charge in [-0.25, -0.2) is 0 Å². The molecule has 0 spiro atoms. The average Bonchev–Trinajstić information content (AvgIpc) is 1.85. The van der Waals surface area contributed by atoms with Crippen LogP contribution < -0.4 is 0 Å². The molecule has 1 saturated heterocycles. The smallest absolute Gasteiger partial charge is 0.311 e. The Kier molecular flexibility index (Phi) is 1.21. The zero-order valence-electron chi connectivity index (χ0n) is 4.63. The highest BCUT2D eigenvalue weighted by atomic mass is 16.6. The molecule has 2 atom stereocenters. The lowest BCUT2D eigenvalue weighted by Crippen LogP contribution is -2.04. The quantitative estimate of drug-likeness (QED) is 0.449. The summed E-state index contributed by atoms with van der Waals surface area (Å²) in [5.41, 5.74) is 0. The van der Waals surface area contributed by atoms with E-state index < -0.39 is 6.29 Å². The third-order valence-electron chi connectivity index (χ3n) is 1.21. The molecule has 3 nitrogen and oxygen atoms in total. The van der Waals surface area contributed by atoms with Crippen LogP contribution in [0, 0.1) is 5.92 Å². The summed E-state index contributed by atoms with van der Waals surface area (Å²) in [6.07, 6.45) is -0.406. The topological polar surface area (TPSA) is 46.5 Å². The van der Waals surface area contributed by atoms with Crippen LogP contribution in [0.3, 0.4) is 0 Å². The average molecular weight is 116 g/mol. The van der Waals surface area contributed by atoms with Crippen molar-refractivity contribution in [2.45, 2.75) is 19.6 Å². The zero-order valence-corrected chi connectivity index (χ0v) is 4.63. The van der Waals surface area contributed by atoms with Crippen LogP contribution in [0.1, 0.15) is 13.3 Å². The fraction of sp³-hybridized carbons (Fsp3) is 0.800. The molecule has 1 aliphatic rings. The van der Waals surface area contributed by atoms with Crippen molar-refractivity contribution < 1.29 is 14.6 Å². The van der Waals surface area contributed by atoms with Crippen molar-refractivity contribution in [1.29, 1.82) is 0 Å². The van der Waals surface area contributed by atoms with Gasteiger partial charge in [-0.2, -0.15) is 0 Å². The van der Waals surface area contributed by atoms with Gasteiger partial charge in [0, 0.05) is 6.42 Å². The van der Waals surface area contributed by atoms with Crippen LogP contribution in [0.5, 0.6) is 0 Å². The van der Waals surface area contributed by atoms with Gasteiger partial charge in [0.1, 0.15) is 0 Å². The lowest BCUT2D eigenvalue weighted by Gasteiger charge is -1.94. The molecule has 1 N–H and O–H groups in total. The van der Waals surface area contributed by atoms with Gasteiger partial charge in [-0.05, 0) is 0 Å². The molecule has 1 fully saturated rings. The van der Waals surface area contributed by atoms with Gasteiger partial charge in [-0.1, -0.05) is 6.92 Å². The van der Waals surface area contributed by atoms with Crippen molar-refractivity contribution in [3.8, 4) is 0 Å². The van der Waals surface area contributed by atoms with Gasteiger partial charge >= 0.3 is 5.97 Å². The van der Waals surface area contributed by atoms with E-state index in [1.54, 1.807) is 6.92 Å². The van der Waals surface area contributed by atoms with E-state index in [4.69, 9.17) is 5.11 Å². The second-order valence-electron chi connectivity index (χ2n) is 2.03. The van der Waals surface area contributed by atoms with Gasteiger partial charge in [0.05, 0.1) is 5.92 Å². The number of hydrogen-bond acceptors (Lipinski definition) is 3.